The normalized spacial score (nSPS) is 15.0. The van der Waals surface area contributed by atoms with Crippen molar-refractivity contribution in [1.82, 2.24) is 0 Å². The van der Waals surface area contributed by atoms with Crippen molar-refractivity contribution in [2.24, 2.45) is 0 Å². The largest absolute Gasteiger partial charge is 0.386 e. The van der Waals surface area contributed by atoms with Crippen LogP contribution in [-0.2, 0) is 4.74 Å². The number of cyclic esters (lactones) is 2. The number of hydrogen-bond donors (Lipinski definition) is 0. The van der Waals surface area contributed by atoms with Crippen molar-refractivity contribution in [3.8, 4) is 0 Å². The summed E-state index contributed by atoms with van der Waals surface area (Å²) in [5.74, 6) is -0.930. The highest BCUT2D eigenvalue weighted by Gasteiger charge is 2.42. The van der Waals surface area contributed by atoms with E-state index in [0.717, 1.165) is 21.1 Å². The fraction of sp³-hybridized carbons (Fsp3) is 0.333. The van der Waals surface area contributed by atoms with E-state index in [1.54, 1.807) is 0 Å². The summed E-state index contributed by atoms with van der Waals surface area (Å²) >= 11 is 0. The summed E-state index contributed by atoms with van der Waals surface area (Å²) in [6.45, 7) is 13.2. The van der Waals surface area contributed by atoms with E-state index >= 15 is 0 Å². The van der Waals surface area contributed by atoms with E-state index < -0.39 is 28.1 Å². The summed E-state index contributed by atoms with van der Waals surface area (Å²) in [7, 11) is -3.69. The minimum absolute atomic E-state index is 0.465. The molecular formula is C18H22O3Si2. The molecule has 1 heterocycles. The molecule has 0 bridgehead atoms. The van der Waals surface area contributed by atoms with Crippen molar-refractivity contribution in [2.45, 2.75) is 39.3 Å². The third-order valence-corrected chi connectivity index (χ3v) is 8.35. The van der Waals surface area contributed by atoms with Crippen LogP contribution in [0.1, 0.15) is 20.7 Å². The molecule has 1 aliphatic rings. The summed E-state index contributed by atoms with van der Waals surface area (Å²) in [6, 6.07) is 8.19. The SMILES string of the molecule is C[Si](C)(C)c1c2c(c([Si](C)(C)C)c3ccccc13)C(=O)OC2=O. The van der Waals surface area contributed by atoms with Gasteiger partial charge in [0.1, 0.15) is 0 Å². The molecule has 0 radical (unpaired) electrons. The maximum atomic E-state index is 12.5. The van der Waals surface area contributed by atoms with Crippen LogP contribution in [0.2, 0.25) is 39.3 Å². The Hall–Kier alpha value is -1.73. The lowest BCUT2D eigenvalue weighted by molar-refractivity contribution is 0.0444. The third-order valence-electron chi connectivity index (χ3n) is 4.31. The second-order valence-corrected chi connectivity index (χ2v) is 18.2. The zero-order valence-electron chi connectivity index (χ0n) is 14.5. The summed E-state index contributed by atoms with van der Waals surface area (Å²) in [5.41, 5.74) is 1.09. The van der Waals surface area contributed by atoms with Gasteiger partial charge in [-0.1, -0.05) is 63.5 Å². The molecule has 0 amide bonds. The van der Waals surface area contributed by atoms with Gasteiger partial charge in [-0.3, -0.25) is 0 Å². The van der Waals surface area contributed by atoms with Crippen molar-refractivity contribution >= 4 is 49.2 Å². The van der Waals surface area contributed by atoms with Crippen LogP contribution in [0.25, 0.3) is 10.8 Å². The van der Waals surface area contributed by atoms with E-state index in [1.165, 1.54) is 0 Å². The molecule has 5 heteroatoms. The highest BCUT2D eigenvalue weighted by molar-refractivity contribution is 6.94. The van der Waals surface area contributed by atoms with Gasteiger partial charge < -0.3 is 4.74 Å². The molecule has 1 aliphatic heterocycles. The van der Waals surface area contributed by atoms with E-state index in [2.05, 4.69) is 51.4 Å². The second kappa shape index (κ2) is 4.88. The van der Waals surface area contributed by atoms with Gasteiger partial charge in [0, 0.05) is 0 Å². The molecule has 0 N–H and O–H groups in total. The number of benzene rings is 2. The predicted molar refractivity (Wildman–Crippen MR) is 99.7 cm³/mol. The van der Waals surface area contributed by atoms with E-state index in [1.807, 2.05) is 12.1 Å². The standard InChI is InChI=1S/C18H22O3Si2/c1-22(2,3)15-11-9-7-8-10-12(11)16(23(4,5)6)14-13(15)17(19)21-18(14)20/h7-10H,1-6H3. The Bertz CT molecular complexity index is 785. The lowest BCUT2D eigenvalue weighted by Gasteiger charge is -2.27. The first kappa shape index (κ1) is 16.1. The number of rotatable bonds is 2. The maximum absolute atomic E-state index is 12.5. The van der Waals surface area contributed by atoms with Gasteiger partial charge in [-0.25, -0.2) is 9.59 Å². The maximum Gasteiger partial charge on any atom is 0.346 e. The molecule has 0 aliphatic carbocycles. The van der Waals surface area contributed by atoms with Crippen LogP contribution in [0.15, 0.2) is 24.3 Å². The third kappa shape index (κ3) is 2.39. The molecule has 3 rings (SSSR count). The van der Waals surface area contributed by atoms with Crippen LogP contribution in [0.3, 0.4) is 0 Å². The van der Waals surface area contributed by atoms with Crippen molar-refractivity contribution in [2.75, 3.05) is 0 Å². The lowest BCUT2D eigenvalue weighted by atomic mass is 10.0. The highest BCUT2D eigenvalue weighted by atomic mass is 28.3. The van der Waals surface area contributed by atoms with Crippen LogP contribution >= 0.6 is 0 Å². The topological polar surface area (TPSA) is 43.4 Å². The van der Waals surface area contributed by atoms with Gasteiger partial charge in [-0.15, -0.1) is 0 Å². The minimum Gasteiger partial charge on any atom is -0.386 e. The van der Waals surface area contributed by atoms with Gasteiger partial charge in [0.2, 0.25) is 0 Å². The number of hydrogen-bond acceptors (Lipinski definition) is 3. The number of ether oxygens (including phenoxy) is 1. The Morgan fingerprint density at radius 1 is 0.696 bits per heavy atom. The van der Waals surface area contributed by atoms with Crippen LogP contribution in [0.4, 0.5) is 0 Å². The van der Waals surface area contributed by atoms with E-state index in [9.17, 15) is 9.59 Å². The summed E-state index contributed by atoms with van der Waals surface area (Å²) in [6.07, 6.45) is 0. The molecule has 0 saturated heterocycles. The van der Waals surface area contributed by atoms with Crippen LogP contribution in [0, 0.1) is 0 Å². The second-order valence-electron chi connectivity index (χ2n) is 8.22. The molecule has 120 valence electrons. The molecular weight excluding hydrogens is 320 g/mol. The number of carbonyl (C=O) groups is 2. The number of carbonyl (C=O) groups excluding carboxylic acids is 2. The monoisotopic (exact) mass is 342 g/mol. The zero-order valence-corrected chi connectivity index (χ0v) is 16.5. The van der Waals surface area contributed by atoms with Crippen LogP contribution in [-0.4, -0.2) is 28.1 Å². The zero-order chi connectivity index (χ0) is 17.2. The molecule has 0 spiro atoms. The fourth-order valence-corrected chi connectivity index (χ4v) is 7.60. The smallest absolute Gasteiger partial charge is 0.346 e. The molecule has 0 unspecified atom stereocenters. The summed E-state index contributed by atoms with van der Waals surface area (Å²) in [4.78, 5) is 24.9. The number of esters is 2. The van der Waals surface area contributed by atoms with Gasteiger partial charge in [0.25, 0.3) is 0 Å². The molecule has 2 aromatic rings. The van der Waals surface area contributed by atoms with Gasteiger partial charge in [0.05, 0.1) is 27.3 Å². The Balaban J connectivity index is 2.65. The molecule has 0 saturated carbocycles. The summed E-state index contributed by atoms with van der Waals surface area (Å²) < 4.78 is 5.04. The first-order chi connectivity index (χ1) is 10.5. The summed E-state index contributed by atoms with van der Waals surface area (Å²) in [5, 5.41) is 4.35. The molecule has 0 atom stereocenters. The van der Waals surface area contributed by atoms with Gasteiger partial charge in [-0.05, 0) is 21.1 Å². The van der Waals surface area contributed by atoms with E-state index in [0.29, 0.717) is 11.1 Å². The Morgan fingerprint density at radius 2 is 1.04 bits per heavy atom. The van der Waals surface area contributed by atoms with Crippen molar-refractivity contribution in [3.05, 3.63) is 35.4 Å². The van der Waals surface area contributed by atoms with Crippen molar-refractivity contribution in [1.29, 1.82) is 0 Å². The predicted octanol–water partition coefficient (Wildman–Crippen LogP) is 3.24. The average Bonchev–Trinajstić information content (AvgIpc) is 2.68. The number of fused-ring (bicyclic) bond motifs is 2. The quantitative estimate of drug-likeness (QED) is 0.478. The van der Waals surface area contributed by atoms with Gasteiger partial charge >= 0.3 is 11.9 Å². The molecule has 3 nitrogen and oxygen atoms in total. The molecule has 23 heavy (non-hydrogen) atoms. The first-order valence-corrected chi connectivity index (χ1v) is 14.9. The van der Waals surface area contributed by atoms with E-state index in [-0.39, 0.29) is 0 Å². The van der Waals surface area contributed by atoms with E-state index in [4.69, 9.17) is 4.74 Å². The van der Waals surface area contributed by atoms with Crippen LogP contribution < -0.4 is 10.4 Å². The van der Waals surface area contributed by atoms with Crippen molar-refractivity contribution < 1.29 is 14.3 Å². The van der Waals surface area contributed by atoms with Crippen LogP contribution in [0.5, 0.6) is 0 Å². The van der Waals surface area contributed by atoms with Crippen molar-refractivity contribution in [3.63, 3.8) is 0 Å². The molecule has 0 aromatic heterocycles. The first-order valence-electron chi connectivity index (χ1n) is 7.89. The molecule has 0 fully saturated rings. The van der Waals surface area contributed by atoms with Gasteiger partial charge in [0.15, 0.2) is 0 Å². The fourth-order valence-electron chi connectivity index (χ4n) is 3.59. The van der Waals surface area contributed by atoms with Gasteiger partial charge in [-0.2, -0.15) is 0 Å². The molecule has 2 aromatic carbocycles. The highest BCUT2D eigenvalue weighted by Crippen LogP contribution is 2.28. The Labute approximate surface area is 138 Å². The Kier molecular flexibility index (Phi) is 3.43. The Morgan fingerprint density at radius 3 is 1.35 bits per heavy atom. The minimum atomic E-state index is -1.85. The average molecular weight is 343 g/mol. The lowest BCUT2D eigenvalue weighted by Crippen LogP contribution is -2.48.